The van der Waals surface area contributed by atoms with E-state index in [1.165, 1.54) is 16.2 Å². The van der Waals surface area contributed by atoms with Crippen LogP contribution in [0.5, 0.6) is 0 Å². The highest BCUT2D eigenvalue weighted by Gasteiger charge is 2.37. The summed E-state index contributed by atoms with van der Waals surface area (Å²) in [6.07, 6.45) is 3.92. The van der Waals surface area contributed by atoms with Crippen LogP contribution in [0.25, 0.3) is 0 Å². The van der Waals surface area contributed by atoms with Crippen molar-refractivity contribution in [2.24, 2.45) is 5.92 Å². The Morgan fingerprint density at radius 3 is 2.56 bits per heavy atom. The van der Waals surface area contributed by atoms with E-state index in [2.05, 4.69) is 22.4 Å². The van der Waals surface area contributed by atoms with Crippen molar-refractivity contribution in [2.75, 3.05) is 19.6 Å². The van der Waals surface area contributed by atoms with Crippen molar-refractivity contribution in [3.05, 3.63) is 44.8 Å². The third kappa shape index (κ3) is 3.37. The van der Waals surface area contributed by atoms with Gasteiger partial charge in [-0.3, -0.25) is 9.59 Å². The first-order valence-electron chi connectivity index (χ1n) is 8.90. The number of amides is 2. The number of carbonyl (C=O) groups is 2. The topological polar surface area (TPSA) is 40.6 Å². The Kier molecular flexibility index (Phi) is 4.90. The van der Waals surface area contributed by atoms with E-state index in [-0.39, 0.29) is 23.8 Å². The fourth-order valence-electron chi connectivity index (χ4n) is 3.96. The zero-order valence-electron chi connectivity index (χ0n) is 14.1. The lowest BCUT2D eigenvalue weighted by Crippen LogP contribution is -2.46. The van der Waals surface area contributed by atoms with Gasteiger partial charge in [0.15, 0.2) is 0 Å². The smallest absolute Gasteiger partial charge is 0.263 e. The van der Waals surface area contributed by atoms with Gasteiger partial charge >= 0.3 is 0 Å². The fourth-order valence-corrected chi connectivity index (χ4v) is 5.53. The van der Waals surface area contributed by atoms with Gasteiger partial charge in [-0.1, -0.05) is 12.1 Å². The second-order valence-corrected chi connectivity index (χ2v) is 8.70. The molecule has 2 aliphatic rings. The number of likely N-dealkylation sites (tertiary alicyclic amines) is 2. The maximum Gasteiger partial charge on any atom is 0.263 e. The molecular formula is C19H22N2O2S2. The summed E-state index contributed by atoms with van der Waals surface area (Å²) in [6, 6.07) is 8.19. The molecule has 132 valence electrons. The average molecular weight is 375 g/mol. The van der Waals surface area contributed by atoms with Crippen molar-refractivity contribution in [1.29, 1.82) is 0 Å². The third-order valence-electron chi connectivity index (χ3n) is 5.20. The van der Waals surface area contributed by atoms with Gasteiger partial charge in [0.25, 0.3) is 5.91 Å². The van der Waals surface area contributed by atoms with Crippen molar-refractivity contribution in [1.82, 2.24) is 9.80 Å². The minimum absolute atomic E-state index is 0.0572. The van der Waals surface area contributed by atoms with Crippen molar-refractivity contribution >= 4 is 34.5 Å². The lowest BCUT2D eigenvalue weighted by Gasteiger charge is -2.35. The Bertz CT molecular complexity index is 727. The summed E-state index contributed by atoms with van der Waals surface area (Å²) in [4.78, 5) is 31.8. The monoisotopic (exact) mass is 374 g/mol. The van der Waals surface area contributed by atoms with Gasteiger partial charge in [-0.2, -0.15) is 0 Å². The van der Waals surface area contributed by atoms with Gasteiger partial charge in [-0.05, 0) is 48.6 Å². The van der Waals surface area contributed by atoms with Crippen LogP contribution in [0.1, 0.15) is 46.3 Å². The molecule has 0 aromatic carbocycles. The van der Waals surface area contributed by atoms with Gasteiger partial charge in [0.05, 0.1) is 16.8 Å². The SMILES string of the molecule is O=C(c1cccs1)N1CCCC(C(=O)N2CCCC2c2cccs2)C1. The molecule has 4 rings (SSSR count). The van der Waals surface area contributed by atoms with Crippen LogP contribution in [0.4, 0.5) is 0 Å². The average Bonchev–Trinajstić information content (AvgIpc) is 3.42. The molecule has 2 aliphatic heterocycles. The van der Waals surface area contributed by atoms with E-state index in [0.29, 0.717) is 6.54 Å². The molecule has 4 heterocycles. The molecule has 0 radical (unpaired) electrons. The first-order valence-corrected chi connectivity index (χ1v) is 10.7. The van der Waals surface area contributed by atoms with Crippen molar-refractivity contribution in [2.45, 2.75) is 31.7 Å². The molecule has 0 spiro atoms. The standard InChI is InChI=1S/C19H22N2O2S2/c22-18(21-10-2-6-15(21)16-7-3-11-24-16)14-5-1-9-20(13-14)19(23)17-8-4-12-25-17/h3-4,7-8,11-12,14-15H,1-2,5-6,9-10,13H2. The molecule has 6 heteroatoms. The molecule has 2 fully saturated rings. The molecule has 25 heavy (non-hydrogen) atoms. The van der Waals surface area contributed by atoms with E-state index in [9.17, 15) is 9.59 Å². The summed E-state index contributed by atoms with van der Waals surface area (Å²) in [7, 11) is 0. The quantitative estimate of drug-likeness (QED) is 0.814. The summed E-state index contributed by atoms with van der Waals surface area (Å²) in [5.41, 5.74) is 0. The fraction of sp³-hybridized carbons (Fsp3) is 0.474. The Morgan fingerprint density at radius 1 is 1.00 bits per heavy atom. The summed E-state index contributed by atoms with van der Waals surface area (Å²) in [6.45, 7) is 2.16. The van der Waals surface area contributed by atoms with Crippen molar-refractivity contribution < 1.29 is 9.59 Å². The molecule has 2 amide bonds. The van der Waals surface area contributed by atoms with Crippen LogP contribution < -0.4 is 0 Å². The summed E-state index contributed by atoms with van der Waals surface area (Å²) >= 11 is 3.21. The van der Waals surface area contributed by atoms with E-state index in [1.54, 1.807) is 11.3 Å². The number of carbonyl (C=O) groups excluding carboxylic acids is 2. The Morgan fingerprint density at radius 2 is 1.80 bits per heavy atom. The van der Waals surface area contributed by atoms with Gasteiger partial charge in [0.2, 0.25) is 5.91 Å². The maximum atomic E-state index is 13.2. The summed E-state index contributed by atoms with van der Waals surface area (Å²) < 4.78 is 0. The van der Waals surface area contributed by atoms with Gasteiger partial charge in [0.1, 0.15) is 0 Å². The van der Waals surface area contributed by atoms with E-state index in [1.807, 2.05) is 22.4 Å². The molecule has 0 saturated carbocycles. The largest absolute Gasteiger partial charge is 0.337 e. The summed E-state index contributed by atoms with van der Waals surface area (Å²) in [5.74, 6) is 0.251. The molecule has 2 atom stereocenters. The van der Waals surface area contributed by atoms with E-state index in [0.717, 1.165) is 43.6 Å². The molecule has 2 aromatic heterocycles. The molecule has 0 aliphatic carbocycles. The maximum absolute atomic E-state index is 13.2. The highest BCUT2D eigenvalue weighted by atomic mass is 32.1. The lowest BCUT2D eigenvalue weighted by molar-refractivity contribution is -0.137. The molecule has 2 unspecified atom stereocenters. The zero-order valence-corrected chi connectivity index (χ0v) is 15.7. The van der Waals surface area contributed by atoms with Gasteiger partial charge in [0, 0.05) is 24.5 Å². The van der Waals surface area contributed by atoms with Crippen LogP contribution in [0.2, 0.25) is 0 Å². The van der Waals surface area contributed by atoms with Gasteiger partial charge in [-0.15, -0.1) is 22.7 Å². The predicted octanol–water partition coefficient (Wildman–Crippen LogP) is 4.03. The second kappa shape index (κ2) is 7.30. The van der Waals surface area contributed by atoms with Crippen LogP contribution >= 0.6 is 22.7 Å². The van der Waals surface area contributed by atoms with Crippen LogP contribution in [0.3, 0.4) is 0 Å². The van der Waals surface area contributed by atoms with Gasteiger partial charge < -0.3 is 9.80 Å². The van der Waals surface area contributed by atoms with E-state index >= 15 is 0 Å². The minimum Gasteiger partial charge on any atom is -0.337 e. The van der Waals surface area contributed by atoms with Crippen LogP contribution in [0, 0.1) is 5.92 Å². The minimum atomic E-state index is -0.0572. The van der Waals surface area contributed by atoms with E-state index < -0.39 is 0 Å². The Balaban J connectivity index is 1.45. The highest BCUT2D eigenvalue weighted by Crippen LogP contribution is 2.36. The normalized spacial score (nSPS) is 23.8. The number of piperidine rings is 1. The Labute approximate surface area is 156 Å². The van der Waals surface area contributed by atoms with Crippen molar-refractivity contribution in [3.63, 3.8) is 0 Å². The van der Waals surface area contributed by atoms with Crippen LogP contribution in [0.15, 0.2) is 35.0 Å². The molecule has 2 saturated heterocycles. The van der Waals surface area contributed by atoms with Crippen molar-refractivity contribution in [3.8, 4) is 0 Å². The van der Waals surface area contributed by atoms with Crippen LogP contribution in [-0.2, 0) is 4.79 Å². The number of thiophene rings is 2. The number of hydrogen-bond donors (Lipinski definition) is 0. The number of rotatable bonds is 3. The first kappa shape index (κ1) is 16.8. The second-order valence-electron chi connectivity index (χ2n) is 6.77. The number of nitrogens with zero attached hydrogens (tertiary/aromatic N) is 2. The zero-order chi connectivity index (χ0) is 17.2. The van der Waals surface area contributed by atoms with Crippen LogP contribution in [-0.4, -0.2) is 41.2 Å². The molecule has 4 nitrogen and oxygen atoms in total. The molecule has 0 N–H and O–H groups in total. The third-order valence-corrected chi connectivity index (χ3v) is 7.03. The highest BCUT2D eigenvalue weighted by molar-refractivity contribution is 7.12. The molecule has 0 bridgehead atoms. The summed E-state index contributed by atoms with van der Waals surface area (Å²) in [5, 5.41) is 4.01. The van der Waals surface area contributed by atoms with E-state index in [4.69, 9.17) is 0 Å². The number of hydrogen-bond acceptors (Lipinski definition) is 4. The molecular weight excluding hydrogens is 352 g/mol. The lowest BCUT2D eigenvalue weighted by atomic mass is 9.96. The Hall–Kier alpha value is -1.66. The van der Waals surface area contributed by atoms with Gasteiger partial charge in [-0.25, -0.2) is 0 Å². The molecule has 2 aromatic rings. The first-order chi connectivity index (χ1) is 12.2. The predicted molar refractivity (Wildman–Crippen MR) is 101 cm³/mol.